The Hall–Kier alpha value is -3.15. The molecule has 2 aromatic carbocycles. The second kappa shape index (κ2) is 8.17. The van der Waals surface area contributed by atoms with Crippen LogP contribution >= 0.6 is 0 Å². The molecule has 1 heterocycles. The molecule has 31 heavy (non-hydrogen) atoms. The van der Waals surface area contributed by atoms with E-state index in [4.69, 9.17) is 4.74 Å². The molecule has 0 aliphatic rings. The smallest absolute Gasteiger partial charge is 0.422 e. The standard InChI is InChI=1S/C19H18F4N4O3S/c1-10-16-13(7-14(17(10)28)27-31(2,3)29)24-9-25-18(16)26-12-5-4-11(20)6-15(12)30-8-19(21,22)23/h4-7,9,28H,8H2,1-3H3,(H,24,25,26). The molecule has 3 aromatic rings. The van der Waals surface area contributed by atoms with E-state index in [9.17, 15) is 26.9 Å². The summed E-state index contributed by atoms with van der Waals surface area (Å²) in [5, 5.41) is 13.7. The van der Waals surface area contributed by atoms with E-state index in [0.29, 0.717) is 16.5 Å². The van der Waals surface area contributed by atoms with E-state index in [1.54, 1.807) is 6.92 Å². The van der Waals surface area contributed by atoms with E-state index in [1.165, 1.54) is 31.0 Å². The third-order valence-electron chi connectivity index (χ3n) is 4.03. The van der Waals surface area contributed by atoms with Crippen LogP contribution in [0, 0.1) is 12.7 Å². The minimum atomic E-state index is -4.61. The monoisotopic (exact) mass is 458 g/mol. The van der Waals surface area contributed by atoms with Crippen molar-refractivity contribution in [1.82, 2.24) is 9.97 Å². The minimum absolute atomic E-state index is 0.0310. The summed E-state index contributed by atoms with van der Waals surface area (Å²) in [6, 6.07) is 4.49. The molecular formula is C19H18F4N4O3S. The number of benzene rings is 2. The summed E-state index contributed by atoms with van der Waals surface area (Å²) < 4.78 is 72.0. The van der Waals surface area contributed by atoms with Crippen molar-refractivity contribution < 1.29 is 31.6 Å². The molecule has 0 saturated heterocycles. The van der Waals surface area contributed by atoms with Gasteiger partial charge in [0.05, 0.1) is 11.2 Å². The van der Waals surface area contributed by atoms with Crippen LogP contribution in [0.4, 0.5) is 34.8 Å². The summed E-state index contributed by atoms with van der Waals surface area (Å²) in [6.07, 6.45) is -0.587. The third kappa shape index (κ3) is 5.51. The van der Waals surface area contributed by atoms with Crippen molar-refractivity contribution in [2.75, 3.05) is 24.4 Å². The molecule has 0 radical (unpaired) electrons. The van der Waals surface area contributed by atoms with Gasteiger partial charge in [-0.2, -0.15) is 17.5 Å². The Bertz CT molecular complexity index is 1260. The number of alkyl halides is 3. The summed E-state index contributed by atoms with van der Waals surface area (Å²) in [5.74, 6) is -1.25. The van der Waals surface area contributed by atoms with Gasteiger partial charge in [0.15, 0.2) is 6.61 Å². The lowest BCUT2D eigenvalue weighted by Crippen LogP contribution is -2.19. The number of nitrogens with one attached hydrogen (secondary N) is 1. The van der Waals surface area contributed by atoms with E-state index in [-0.39, 0.29) is 28.7 Å². The van der Waals surface area contributed by atoms with Gasteiger partial charge < -0.3 is 15.2 Å². The minimum Gasteiger partial charge on any atom is -0.505 e. The summed E-state index contributed by atoms with van der Waals surface area (Å²) in [6.45, 7) is -0.0439. The van der Waals surface area contributed by atoms with Gasteiger partial charge in [-0.25, -0.2) is 18.6 Å². The molecule has 3 rings (SSSR count). The number of fused-ring (bicyclic) bond motifs is 1. The van der Waals surface area contributed by atoms with E-state index >= 15 is 0 Å². The zero-order valence-electron chi connectivity index (χ0n) is 16.6. The van der Waals surface area contributed by atoms with Crippen molar-refractivity contribution in [1.29, 1.82) is 0 Å². The molecule has 0 aliphatic heterocycles. The summed E-state index contributed by atoms with van der Waals surface area (Å²) >= 11 is 0. The lowest BCUT2D eigenvalue weighted by Gasteiger charge is -2.16. The van der Waals surface area contributed by atoms with Crippen LogP contribution in [0.2, 0.25) is 0 Å². The fourth-order valence-electron chi connectivity index (χ4n) is 2.79. The van der Waals surface area contributed by atoms with E-state index in [0.717, 1.165) is 12.1 Å². The summed E-state index contributed by atoms with van der Waals surface area (Å²) in [7, 11) is -2.56. The number of aromatic nitrogens is 2. The highest BCUT2D eigenvalue weighted by atomic mass is 32.2. The number of phenols is 1. The third-order valence-corrected chi connectivity index (χ3v) is 4.67. The Labute approximate surface area is 175 Å². The molecule has 0 spiro atoms. The fraction of sp³-hybridized carbons (Fsp3) is 0.263. The number of rotatable bonds is 5. The highest BCUT2D eigenvalue weighted by Crippen LogP contribution is 2.40. The molecule has 0 amide bonds. The van der Waals surface area contributed by atoms with Crippen LogP contribution in [-0.4, -0.2) is 44.6 Å². The molecule has 2 N–H and O–H groups in total. The van der Waals surface area contributed by atoms with Gasteiger partial charge in [0, 0.05) is 39.3 Å². The summed E-state index contributed by atoms with van der Waals surface area (Å²) in [5.41, 5.74) is 0.766. The molecule has 0 bridgehead atoms. The van der Waals surface area contributed by atoms with Crippen molar-refractivity contribution in [2.24, 2.45) is 4.36 Å². The average molecular weight is 458 g/mol. The van der Waals surface area contributed by atoms with Crippen molar-refractivity contribution in [3.63, 3.8) is 0 Å². The van der Waals surface area contributed by atoms with Crippen LogP contribution in [-0.2, 0) is 9.73 Å². The maximum Gasteiger partial charge on any atom is 0.422 e. The van der Waals surface area contributed by atoms with Crippen LogP contribution < -0.4 is 10.1 Å². The molecule has 0 unspecified atom stereocenters. The number of anilines is 2. The van der Waals surface area contributed by atoms with Gasteiger partial charge in [-0.15, -0.1) is 0 Å². The van der Waals surface area contributed by atoms with Gasteiger partial charge in [0.2, 0.25) is 0 Å². The topological polar surface area (TPSA) is 96.7 Å². The molecule has 0 fully saturated rings. The lowest BCUT2D eigenvalue weighted by molar-refractivity contribution is -0.153. The predicted octanol–water partition coefficient (Wildman–Crippen LogP) is 4.83. The molecule has 0 saturated carbocycles. The van der Waals surface area contributed by atoms with Gasteiger partial charge in [0.25, 0.3) is 0 Å². The number of halogens is 4. The fourth-order valence-corrected chi connectivity index (χ4v) is 3.41. The van der Waals surface area contributed by atoms with Gasteiger partial charge in [-0.05, 0) is 25.1 Å². The second-order valence-corrected chi connectivity index (χ2v) is 9.47. The number of aromatic hydroxyl groups is 1. The normalized spacial score (nSPS) is 12.1. The zero-order valence-corrected chi connectivity index (χ0v) is 17.4. The Morgan fingerprint density at radius 2 is 1.94 bits per heavy atom. The van der Waals surface area contributed by atoms with E-state index in [2.05, 4.69) is 19.6 Å². The molecule has 0 aliphatic carbocycles. The quantitative estimate of drug-likeness (QED) is 0.532. The van der Waals surface area contributed by atoms with Gasteiger partial charge in [-0.1, -0.05) is 0 Å². The van der Waals surface area contributed by atoms with E-state index in [1.807, 2.05) is 0 Å². The largest absolute Gasteiger partial charge is 0.505 e. The van der Waals surface area contributed by atoms with Crippen molar-refractivity contribution in [2.45, 2.75) is 13.1 Å². The number of phenolic OH excluding ortho intramolecular Hbond substituents is 1. The lowest BCUT2D eigenvalue weighted by atomic mass is 10.1. The van der Waals surface area contributed by atoms with Crippen LogP contribution in [0.15, 0.2) is 35.0 Å². The van der Waals surface area contributed by atoms with E-state index < -0.39 is 28.3 Å². The van der Waals surface area contributed by atoms with Gasteiger partial charge in [-0.3, -0.25) is 0 Å². The molecule has 12 heteroatoms. The first-order chi connectivity index (χ1) is 14.3. The van der Waals surface area contributed by atoms with Crippen LogP contribution in [0.1, 0.15) is 5.56 Å². The van der Waals surface area contributed by atoms with Crippen LogP contribution in [0.5, 0.6) is 11.5 Å². The first-order valence-electron chi connectivity index (χ1n) is 8.74. The number of nitrogens with zero attached hydrogens (tertiary/aromatic N) is 3. The number of hydrogen-bond donors (Lipinski definition) is 2. The Morgan fingerprint density at radius 1 is 1.23 bits per heavy atom. The highest BCUT2D eigenvalue weighted by Gasteiger charge is 2.29. The van der Waals surface area contributed by atoms with Gasteiger partial charge >= 0.3 is 6.18 Å². The Balaban J connectivity index is 2.09. The first-order valence-corrected chi connectivity index (χ1v) is 11.1. The highest BCUT2D eigenvalue weighted by molar-refractivity contribution is 7.92. The van der Waals surface area contributed by atoms with Gasteiger partial charge in [0.1, 0.15) is 35.1 Å². The molecule has 7 nitrogen and oxygen atoms in total. The van der Waals surface area contributed by atoms with Crippen LogP contribution in [0.25, 0.3) is 10.9 Å². The number of hydrogen-bond acceptors (Lipinski definition) is 7. The second-order valence-electron chi connectivity index (χ2n) is 6.93. The number of ether oxygens (including phenoxy) is 1. The van der Waals surface area contributed by atoms with Crippen LogP contribution in [0.3, 0.4) is 0 Å². The molecule has 1 aromatic heterocycles. The molecule has 0 atom stereocenters. The maximum absolute atomic E-state index is 13.6. The summed E-state index contributed by atoms with van der Waals surface area (Å²) in [4.78, 5) is 8.22. The molecular weight excluding hydrogens is 440 g/mol. The maximum atomic E-state index is 13.6. The van der Waals surface area contributed by atoms with Crippen molar-refractivity contribution >= 4 is 37.8 Å². The Morgan fingerprint density at radius 3 is 2.58 bits per heavy atom. The SMILES string of the molecule is Cc1c(O)c(N=S(C)(C)=O)cc2ncnc(Nc3ccc(F)cc3OCC(F)(F)F)c12. The van der Waals surface area contributed by atoms with Crippen molar-refractivity contribution in [3.8, 4) is 11.5 Å². The molecule has 166 valence electrons. The average Bonchev–Trinajstić information content (AvgIpc) is 2.64. The zero-order chi connectivity index (χ0) is 23.0. The number of aryl methyl sites for hydroxylation is 1. The Kier molecular flexibility index (Phi) is 5.94. The predicted molar refractivity (Wildman–Crippen MR) is 109 cm³/mol. The van der Waals surface area contributed by atoms with Crippen molar-refractivity contribution in [3.05, 3.63) is 42.0 Å². The first kappa shape index (κ1) is 22.5.